The van der Waals surface area contributed by atoms with Gasteiger partial charge in [0.1, 0.15) is 24.3 Å². The van der Waals surface area contributed by atoms with Crippen LogP contribution >= 0.6 is 0 Å². The molecule has 3 aromatic heterocycles. The fourth-order valence-electron chi connectivity index (χ4n) is 8.80. The first-order valence-corrected chi connectivity index (χ1v) is 25.0. The molecular weight excluding hydrogens is 754 g/mol. The van der Waals surface area contributed by atoms with Crippen LogP contribution in [0.5, 0.6) is 0 Å². The predicted molar refractivity (Wildman–Crippen MR) is 224 cm³/mol. The van der Waals surface area contributed by atoms with Crippen LogP contribution in [0.25, 0.3) is 11.1 Å². The van der Waals surface area contributed by atoms with Crippen molar-refractivity contribution in [3.8, 4) is 11.1 Å². The van der Waals surface area contributed by atoms with Crippen molar-refractivity contribution in [3.05, 3.63) is 76.8 Å². The van der Waals surface area contributed by atoms with Gasteiger partial charge in [-0.05, 0) is 73.3 Å². The van der Waals surface area contributed by atoms with E-state index in [0.29, 0.717) is 55.2 Å². The van der Waals surface area contributed by atoms with E-state index >= 15 is 4.39 Å². The highest BCUT2D eigenvalue weighted by Gasteiger charge is 2.42. The lowest BCUT2D eigenvalue weighted by Gasteiger charge is -2.41. The molecular formula is C44H62FN7O5Si. The predicted octanol–water partition coefficient (Wildman–Crippen LogP) is 9.06. The Bertz CT molecular complexity index is 1920. The van der Waals surface area contributed by atoms with Crippen LogP contribution in [0, 0.1) is 37.5 Å². The number of ether oxygens (including phenoxy) is 2. The SMILES string of the molecule is Cc1nn(COCC[Si](C)(C)C)c(C)c1-c1ccc(NC(=O)C(NC(=O)c2nonc2CCCOCc2ccccc2)C(C2CCCCC2)C2CCCCC2)nc1F. The summed E-state index contributed by atoms with van der Waals surface area (Å²) in [6.45, 7) is 12.6. The lowest BCUT2D eigenvalue weighted by atomic mass is 9.66. The summed E-state index contributed by atoms with van der Waals surface area (Å²) < 4.78 is 34.6. The average molecular weight is 816 g/mol. The number of aromatic nitrogens is 5. The number of hydrogen-bond acceptors (Lipinski definition) is 9. The Hall–Kier alpha value is -4.27. The maximum Gasteiger partial charge on any atom is 0.276 e. The second-order valence-corrected chi connectivity index (χ2v) is 23.1. The summed E-state index contributed by atoms with van der Waals surface area (Å²) in [4.78, 5) is 32.9. The number of aryl methyl sites for hydroxylation is 2. The van der Waals surface area contributed by atoms with E-state index in [1.54, 1.807) is 16.8 Å². The highest BCUT2D eigenvalue weighted by Crippen LogP contribution is 2.42. The fraction of sp³-hybridized carbons (Fsp3) is 0.591. The van der Waals surface area contributed by atoms with E-state index in [4.69, 9.17) is 14.1 Å². The van der Waals surface area contributed by atoms with Crippen LogP contribution in [-0.4, -0.2) is 64.2 Å². The molecule has 2 aliphatic carbocycles. The topological polar surface area (TPSA) is 146 Å². The Morgan fingerprint density at radius 1 is 0.914 bits per heavy atom. The standard InChI is InChI=1S/C44H62FN7O5Si/c1-30-38(31(2)52(49-30)29-56-26-27-58(3,4)5)35-23-24-37(46-42(35)45)47-44(54)41(39(33-18-11-7-12-19-33)34-20-13-8-14-21-34)48-43(53)40-36(50-57-51-40)22-15-25-55-28-32-16-9-6-10-17-32/h6,9-10,16-17,23-24,33-34,39,41H,7-8,11-15,18-22,25-29H2,1-5H3,(H,48,53)(H,46,47,54). The zero-order valence-electron chi connectivity index (χ0n) is 35.0. The Balaban J connectivity index is 1.19. The number of benzene rings is 1. The largest absolute Gasteiger partial charge is 0.377 e. The van der Waals surface area contributed by atoms with Crippen molar-refractivity contribution in [2.24, 2.45) is 17.8 Å². The summed E-state index contributed by atoms with van der Waals surface area (Å²) in [5, 5.41) is 18.7. The molecule has 14 heteroatoms. The summed E-state index contributed by atoms with van der Waals surface area (Å²) in [6.07, 6.45) is 11.7. The Morgan fingerprint density at radius 3 is 2.26 bits per heavy atom. The number of carbonyl (C=O) groups excluding carboxylic acids is 2. The monoisotopic (exact) mass is 815 g/mol. The summed E-state index contributed by atoms with van der Waals surface area (Å²) >= 11 is 0. The van der Waals surface area contributed by atoms with Gasteiger partial charge < -0.3 is 20.1 Å². The van der Waals surface area contributed by atoms with Gasteiger partial charge in [-0.3, -0.25) is 9.59 Å². The molecule has 1 unspecified atom stereocenters. The maximum absolute atomic E-state index is 16.0. The Kier molecular flexibility index (Phi) is 15.4. The zero-order valence-corrected chi connectivity index (χ0v) is 36.0. The van der Waals surface area contributed by atoms with Crippen LogP contribution in [0.1, 0.15) is 104 Å². The molecule has 1 atom stereocenters. The highest BCUT2D eigenvalue weighted by atomic mass is 28.3. The number of anilines is 1. The van der Waals surface area contributed by atoms with Crippen LogP contribution in [0.4, 0.5) is 10.2 Å². The molecule has 1 aromatic carbocycles. The fourth-order valence-corrected chi connectivity index (χ4v) is 9.56. The molecule has 2 N–H and O–H groups in total. The van der Waals surface area contributed by atoms with E-state index in [-0.39, 0.29) is 36.0 Å². The van der Waals surface area contributed by atoms with Gasteiger partial charge in [0.25, 0.3) is 5.91 Å². The molecule has 2 aliphatic rings. The quantitative estimate of drug-likeness (QED) is 0.0538. The molecule has 0 saturated heterocycles. The molecule has 0 bridgehead atoms. The first-order valence-electron chi connectivity index (χ1n) is 21.3. The molecule has 3 heterocycles. The van der Waals surface area contributed by atoms with Crippen molar-refractivity contribution in [3.63, 3.8) is 0 Å². The van der Waals surface area contributed by atoms with Crippen molar-refractivity contribution >= 4 is 25.7 Å². The van der Waals surface area contributed by atoms with Crippen LogP contribution < -0.4 is 10.6 Å². The summed E-state index contributed by atoms with van der Waals surface area (Å²) in [6, 6.07) is 13.3. The van der Waals surface area contributed by atoms with Crippen LogP contribution in [0.2, 0.25) is 25.7 Å². The van der Waals surface area contributed by atoms with E-state index in [1.807, 2.05) is 44.2 Å². The van der Waals surface area contributed by atoms with E-state index in [9.17, 15) is 9.59 Å². The maximum atomic E-state index is 16.0. The van der Waals surface area contributed by atoms with Gasteiger partial charge in [0.2, 0.25) is 11.9 Å². The van der Waals surface area contributed by atoms with Crippen LogP contribution in [0.15, 0.2) is 47.1 Å². The third-order valence-corrected chi connectivity index (χ3v) is 13.6. The lowest BCUT2D eigenvalue weighted by Crippen LogP contribution is -2.53. The number of pyridine rings is 1. The third kappa shape index (κ3) is 11.7. The van der Waals surface area contributed by atoms with Crippen molar-refractivity contribution < 1.29 is 28.1 Å². The van der Waals surface area contributed by atoms with Gasteiger partial charge in [-0.1, -0.05) is 119 Å². The lowest BCUT2D eigenvalue weighted by molar-refractivity contribution is -0.121. The first kappa shape index (κ1) is 43.3. The molecule has 2 amide bonds. The van der Waals surface area contributed by atoms with Gasteiger partial charge in [0, 0.05) is 38.1 Å². The van der Waals surface area contributed by atoms with Gasteiger partial charge in [-0.25, -0.2) is 14.3 Å². The van der Waals surface area contributed by atoms with Gasteiger partial charge in [-0.2, -0.15) is 9.49 Å². The number of halogens is 1. The van der Waals surface area contributed by atoms with Gasteiger partial charge in [-0.15, -0.1) is 0 Å². The van der Waals surface area contributed by atoms with Gasteiger partial charge in [0.15, 0.2) is 5.69 Å². The average Bonchev–Trinajstić information content (AvgIpc) is 3.80. The van der Waals surface area contributed by atoms with Crippen LogP contribution in [-0.2, 0) is 34.0 Å². The molecule has 314 valence electrons. The van der Waals surface area contributed by atoms with Crippen molar-refractivity contribution in [2.45, 2.75) is 136 Å². The molecule has 12 nitrogen and oxygen atoms in total. The van der Waals surface area contributed by atoms with Gasteiger partial charge >= 0.3 is 0 Å². The smallest absolute Gasteiger partial charge is 0.276 e. The molecule has 0 spiro atoms. The highest BCUT2D eigenvalue weighted by molar-refractivity contribution is 6.76. The number of nitrogens with one attached hydrogen (secondary N) is 2. The number of hydrogen-bond donors (Lipinski definition) is 2. The zero-order chi connectivity index (χ0) is 41.1. The number of carbonyl (C=O) groups is 2. The summed E-state index contributed by atoms with van der Waals surface area (Å²) in [5.74, 6) is -1.15. The second-order valence-electron chi connectivity index (χ2n) is 17.4. The summed E-state index contributed by atoms with van der Waals surface area (Å²) in [5.41, 5.74) is 3.94. The molecule has 2 saturated carbocycles. The molecule has 4 aromatic rings. The summed E-state index contributed by atoms with van der Waals surface area (Å²) in [7, 11) is -1.24. The Morgan fingerprint density at radius 2 is 1.60 bits per heavy atom. The number of rotatable bonds is 19. The number of amides is 2. The third-order valence-electron chi connectivity index (χ3n) is 11.9. The molecule has 0 radical (unpaired) electrons. The van der Waals surface area contributed by atoms with Gasteiger partial charge in [0.05, 0.1) is 12.3 Å². The van der Waals surface area contributed by atoms with Crippen molar-refractivity contribution in [1.82, 2.24) is 30.4 Å². The van der Waals surface area contributed by atoms with E-state index in [2.05, 4.69) is 50.7 Å². The first-order chi connectivity index (χ1) is 28.0. The number of nitrogens with zero attached hydrogens (tertiary/aromatic N) is 5. The minimum atomic E-state index is -1.24. The van der Waals surface area contributed by atoms with Crippen molar-refractivity contribution in [1.29, 1.82) is 0 Å². The second kappa shape index (κ2) is 20.6. The van der Waals surface area contributed by atoms with E-state index < -0.39 is 31.9 Å². The minimum absolute atomic E-state index is 0.0631. The molecule has 2 fully saturated rings. The molecule has 58 heavy (non-hydrogen) atoms. The van der Waals surface area contributed by atoms with Crippen LogP contribution in [0.3, 0.4) is 0 Å². The van der Waals surface area contributed by atoms with E-state index in [1.165, 1.54) is 12.8 Å². The van der Waals surface area contributed by atoms with E-state index in [0.717, 1.165) is 68.7 Å². The normalized spacial score (nSPS) is 16.1. The Labute approximate surface area is 343 Å². The van der Waals surface area contributed by atoms with Crippen molar-refractivity contribution in [2.75, 3.05) is 18.5 Å². The molecule has 6 rings (SSSR count). The molecule has 0 aliphatic heterocycles. The minimum Gasteiger partial charge on any atom is -0.377 e.